The maximum absolute atomic E-state index is 6.21. The standard InChI is InChI=1S/C13H12Cl2N2OS/c14-9-1-2-10(11(15)7-9)12-8-19-13(16-12)17-3-5-18-6-4-17/h1-2,7-8H,3-6H2. The summed E-state index contributed by atoms with van der Waals surface area (Å²) in [5.41, 5.74) is 1.81. The predicted molar refractivity (Wildman–Crippen MR) is 80.6 cm³/mol. The minimum Gasteiger partial charge on any atom is -0.378 e. The summed E-state index contributed by atoms with van der Waals surface area (Å²) in [5, 5.41) is 4.31. The monoisotopic (exact) mass is 314 g/mol. The Labute approximate surface area is 125 Å². The molecule has 19 heavy (non-hydrogen) atoms. The summed E-state index contributed by atoms with van der Waals surface area (Å²) in [6.45, 7) is 3.30. The summed E-state index contributed by atoms with van der Waals surface area (Å²) >= 11 is 13.7. The Bertz CT molecular complexity index is 582. The van der Waals surface area contributed by atoms with Gasteiger partial charge in [-0.25, -0.2) is 4.98 Å². The van der Waals surface area contributed by atoms with Gasteiger partial charge in [-0.3, -0.25) is 0 Å². The lowest BCUT2D eigenvalue weighted by Crippen LogP contribution is -2.36. The molecular formula is C13H12Cl2N2OS. The molecular weight excluding hydrogens is 303 g/mol. The number of morpholine rings is 1. The van der Waals surface area contributed by atoms with Gasteiger partial charge in [0.25, 0.3) is 0 Å². The average Bonchev–Trinajstić information content (AvgIpc) is 2.89. The molecule has 0 N–H and O–H groups in total. The van der Waals surface area contributed by atoms with E-state index in [1.54, 1.807) is 17.4 Å². The van der Waals surface area contributed by atoms with E-state index in [-0.39, 0.29) is 0 Å². The quantitative estimate of drug-likeness (QED) is 0.839. The minimum atomic E-state index is 0.631. The van der Waals surface area contributed by atoms with Crippen molar-refractivity contribution in [1.29, 1.82) is 0 Å². The van der Waals surface area contributed by atoms with Gasteiger partial charge in [-0.1, -0.05) is 23.2 Å². The zero-order valence-corrected chi connectivity index (χ0v) is 12.4. The molecule has 0 unspecified atom stereocenters. The summed E-state index contributed by atoms with van der Waals surface area (Å²) in [7, 11) is 0. The van der Waals surface area contributed by atoms with E-state index in [0.717, 1.165) is 42.7 Å². The number of thiazole rings is 1. The molecule has 1 aliphatic rings. The molecule has 1 aromatic heterocycles. The molecule has 1 saturated heterocycles. The highest BCUT2D eigenvalue weighted by Gasteiger charge is 2.16. The topological polar surface area (TPSA) is 25.4 Å². The Morgan fingerprint density at radius 1 is 1.21 bits per heavy atom. The lowest BCUT2D eigenvalue weighted by atomic mass is 10.2. The SMILES string of the molecule is Clc1ccc(-c2csc(N3CCOCC3)n2)c(Cl)c1. The molecule has 3 nitrogen and oxygen atoms in total. The van der Waals surface area contributed by atoms with Gasteiger partial charge >= 0.3 is 0 Å². The molecule has 2 heterocycles. The van der Waals surface area contributed by atoms with Crippen LogP contribution in [0.1, 0.15) is 0 Å². The van der Waals surface area contributed by atoms with Crippen LogP contribution in [-0.4, -0.2) is 31.3 Å². The largest absolute Gasteiger partial charge is 0.378 e. The minimum absolute atomic E-state index is 0.631. The zero-order chi connectivity index (χ0) is 13.2. The van der Waals surface area contributed by atoms with Gasteiger partial charge in [0.2, 0.25) is 0 Å². The highest BCUT2D eigenvalue weighted by Crippen LogP contribution is 2.33. The van der Waals surface area contributed by atoms with E-state index < -0.39 is 0 Å². The number of nitrogens with zero attached hydrogens (tertiary/aromatic N) is 2. The van der Waals surface area contributed by atoms with Gasteiger partial charge in [-0.2, -0.15) is 0 Å². The summed E-state index contributed by atoms with van der Waals surface area (Å²) in [5.74, 6) is 0. The van der Waals surface area contributed by atoms with Gasteiger partial charge in [-0.15, -0.1) is 11.3 Å². The highest BCUT2D eigenvalue weighted by molar-refractivity contribution is 7.14. The Morgan fingerprint density at radius 3 is 2.74 bits per heavy atom. The van der Waals surface area contributed by atoms with Crippen LogP contribution < -0.4 is 4.90 Å². The number of hydrogen-bond acceptors (Lipinski definition) is 4. The second-order valence-corrected chi connectivity index (χ2v) is 5.92. The highest BCUT2D eigenvalue weighted by atomic mass is 35.5. The molecule has 6 heteroatoms. The zero-order valence-electron chi connectivity index (χ0n) is 10.1. The van der Waals surface area contributed by atoms with Crippen molar-refractivity contribution in [1.82, 2.24) is 4.98 Å². The van der Waals surface area contributed by atoms with Crippen molar-refractivity contribution in [2.45, 2.75) is 0 Å². The second kappa shape index (κ2) is 5.67. The van der Waals surface area contributed by atoms with Gasteiger partial charge in [-0.05, 0) is 18.2 Å². The van der Waals surface area contributed by atoms with Crippen molar-refractivity contribution in [3.8, 4) is 11.3 Å². The van der Waals surface area contributed by atoms with Crippen molar-refractivity contribution >= 4 is 39.7 Å². The van der Waals surface area contributed by atoms with Crippen LogP contribution in [0.3, 0.4) is 0 Å². The molecule has 0 aliphatic carbocycles. The van der Waals surface area contributed by atoms with Crippen LogP contribution in [0.15, 0.2) is 23.6 Å². The van der Waals surface area contributed by atoms with Crippen LogP contribution >= 0.6 is 34.5 Å². The molecule has 0 atom stereocenters. The van der Waals surface area contributed by atoms with E-state index in [2.05, 4.69) is 9.88 Å². The fourth-order valence-electron chi connectivity index (χ4n) is 1.99. The Morgan fingerprint density at radius 2 is 2.00 bits per heavy atom. The molecule has 100 valence electrons. The summed E-state index contributed by atoms with van der Waals surface area (Å²) in [6.07, 6.45) is 0. The van der Waals surface area contributed by atoms with Crippen molar-refractivity contribution in [3.05, 3.63) is 33.6 Å². The van der Waals surface area contributed by atoms with Crippen LogP contribution in [0, 0.1) is 0 Å². The molecule has 0 spiro atoms. The Hall–Kier alpha value is -0.810. The molecule has 0 radical (unpaired) electrons. The van der Waals surface area contributed by atoms with Gasteiger partial charge in [0.05, 0.1) is 23.9 Å². The summed E-state index contributed by atoms with van der Waals surface area (Å²) in [4.78, 5) is 6.89. The fraction of sp³-hybridized carbons (Fsp3) is 0.308. The van der Waals surface area contributed by atoms with Crippen LogP contribution in [0.5, 0.6) is 0 Å². The first-order valence-electron chi connectivity index (χ1n) is 5.98. The molecule has 0 amide bonds. The average molecular weight is 315 g/mol. The molecule has 3 rings (SSSR count). The van der Waals surface area contributed by atoms with Crippen molar-refractivity contribution in [3.63, 3.8) is 0 Å². The molecule has 0 saturated carbocycles. The number of hydrogen-bond donors (Lipinski definition) is 0. The van der Waals surface area contributed by atoms with Crippen molar-refractivity contribution < 1.29 is 4.74 Å². The Balaban J connectivity index is 1.87. The predicted octanol–water partition coefficient (Wildman–Crippen LogP) is 3.95. The third kappa shape index (κ3) is 2.87. The van der Waals surface area contributed by atoms with E-state index in [1.807, 2.05) is 17.5 Å². The van der Waals surface area contributed by atoms with E-state index in [1.165, 1.54) is 0 Å². The lowest BCUT2D eigenvalue weighted by molar-refractivity contribution is 0.122. The van der Waals surface area contributed by atoms with Crippen molar-refractivity contribution in [2.24, 2.45) is 0 Å². The molecule has 2 aromatic rings. The first-order chi connectivity index (χ1) is 9.24. The maximum atomic E-state index is 6.21. The third-order valence-corrected chi connectivity index (χ3v) is 4.43. The first kappa shape index (κ1) is 13.2. The van der Waals surface area contributed by atoms with Gasteiger partial charge < -0.3 is 9.64 Å². The van der Waals surface area contributed by atoms with Crippen LogP contribution in [0.4, 0.5) is 5.13 Å². The van der Waals surface area contributed by atoms with Crippen LogP contribution in [0.2, 0.25) is 10.0 Å². The number of benzene rings is 1. The van der Waals surface area contributed by atoms with E-state index in [0.29, 0.717) is 10.0 Å². The third-order valence-electron chi connectivity index (χ3n) is 2.98. The fourth-order valence-corrected chi connectivity index (χ4v) is 3.37. The summed E-state index contributed by atoms with van der Waals surface area (Å²) < 4.78 is 5.34. The normalized spacial score (nSPS) is 15.8. The van der Waals surface area contributed by atoms with Crippen LogP contribution in [-0.2, 0) is 4.74 Å². The van der Waals surface area contributed by atoms with Gasteiger partial charge in [0.15, 0.2) is 5.13 Å². The lowest BCUT2D eigenvalue weighted by Gasteiger charge is -2.26. The Kier molecular flexibility index (Phi) is 3.93. The number of aromatic nitrogens is 1. The van der Waals surface area contributed by atoms with Gasteiger partial charge in [0.1, 0.15) is 0 Å². The molecule has 1 aromatic carbocycles. The van der Waals surface area contributed by atoms with E-state index in [9.17, 15) is 0 Å². The molecule has 1 fully saturated rings. The van der Waals surface area contributed by atoms with Crippen LogP contribution in [0.25, 0.3) is 11.3 Å². The molecule has 0 bridgehead atoms. The number of rotatable bonds is 2. The maximum Gasteiger partial charge on any atom is 0.186 e. The van der Waals surface area contributed by atoms with E-state index >= 15 is 0 Å². The van der Waals surface area contributed by atoms with E-state index in [4.69, 9.17) is 27.9 Å². The number of ether oxygens (including phenoxy) is 1. The van der Waals surface area contributed by atoms with Gasteiger partial charge in [0, 0.05) is 29.1 Å². The number of anilines is 1. The molecule has 1 aliphatic heterocycles. The van der Waals surface area contributed by atoms with Crippen molar-refractivity contribution in [2.75, 3.05) is 31.2 Å². The second-order valence-electron chi connectivity index (χ2n) is 4.24. The summed E-state index contributed by atoms with van der Waals surface area (Å²) in [6, 6.07) is 5.48. The first-order valence-corrected chi connectivity index (χ1v) is 7.61. The smallest absolute Gasteiger partial charge is 0.186 e. The number of halogens is 2.